The zero-order valence-corrected chi connectivity index (χ0v) is 11.4. The Bertz CT molecular complexity index is 344. The predicted octanol–water partition coefficient (Wildman–Crippen LogP) is 2.57. The maximum Gasteiger partial charge on any atom is 0.0335 e. The van der Waals surface area contributed by atoms with Crippen molar-refractivity contribution in [2.75, 3.05) is 13.1 Å². The fourth-order valence-electron chi connectivity index (χ4n) is 3.15. The van der Waals surface area contributed by atoms with Crippen molar-refractivity contribution < 1.29 is 0 Å². The van der Waals surface area contributed by atoms with Gasteiger partial charge < -0.3 is 5.73 Å². The molecule has 0 unspecified atom stereocenters. The summed E-state index contributed by atoms with van der Waals surface area (Å²) in [6.07, 6.45) is 10.1. The fraction of sp³-hybridized carbons (Fsp3) is 0.667. The number of pyridine rings is 1. The van der Waals surface area contributed by atoms with E-state index >= 15 is 0 Å². The second-order valence-electron chi connectivity index (χ2n) is 5.42. The van der Waals surface area contributed by atoms with Crippen molar-refractivity contribution >= 4 is 0 Å². The van der Waals surface area contributed by atoms with Crippen LogP contribution in [0.5, 0.6) is 0 Å². The van der Waals surface area contributed by atoms with Gasteiger partial charge in [-0.05, 0) is 37.4 Å². The standard InChI is InChI=1S/C15H25N3/c1-2-10-18(12-14-6-5-9-17-11-14)15(13-16)7-3-4-8-15/h5-6,9,11H,2-4,7-8,10,12-13,16H2,1H3. The SMILES string of the molecule is CCCN(Cc1cccnc1)C1(CN)CCCC1. The molecule has 1 fully saturated rings. The van der Waals surface area contributed by atoms with Gasteiger partial charge in [0.1, 0.15) is 0 Å². The average Bonchev–Trinajstić information content (AvgIpc) is 2.89. The van der Waals surface area contributed by atoms with Crippen molar-refractivity contribution in [2.24, 2.45) is 5.73 Å². The molecule has 0 amide bonds. The third-order valence-electron chi connectivity index (χ3n) is 4.17. The van der Waals surface area contributed by atoms with E-state index in [2.05, 4.69) is 22.9 Å². The van der Waals surface area contributed by atoms with Gasteiger partial charge in [-0.1, -0.05) is 25.8 Å². The van der Waals surface area contributed by atoms with Crippen LogP contribution < -0.4 is 5.73 Å². The minimum Gasteiger partial charge on any atom is -0.329 e. The Labute approximate surface area is 110 Å². The van der Waals surface area contributed by atoms with Gasteiger partial charge in [-0.25, -0.2) is 0 Å². The number of rotatable bonds is 6. The van der Waals surface area contributed by atoms with Gasteiger partial charge in [0.05, 0.1) is 0 Å². The highest BCUT2D eigenvalue weighted by Gasteiger charge is 2.37. The molecule has 2 rings (SSSR count). The van der Waals surface area contributed by atoms with E-state index in [9.17, 15) is 0 Å². The first-order chi connectivity index (χ1) is 8.80. The molecule has 3 heteroatoms. The molecule has 3 nitrogen and oxygen atoms in total. The highest BCUT2D eigenvalue weighted by Crippen LogP contribution is 2.35. The first kappa shape index (κ1) is 13.5. The molecule has 0 saturated heterocycles. The molecule has 0 spiro atoms. The van der Waals surface area contributed by atoms with Gasteiger partial charge in [0.15, 0.2) is 0 Å². The Morgan fingerprint density at radius 3 is 2.72 bits per heavy atom. The van der Waals surface area contributed by atoms with Crippen LogP contribution in [0.25, 0.3) is 0 Å². The average molecular weight is 247 g/mol. The molecule has 100 valence electrons. The molecule has 1 aliphatic carbocycles. The molecule has 1 heterocycles. The van der Waals surface area contributed by atoms with E-state index in [0.717, 1.165) is 19.6 Å². The monoisotopic (exact) mass is 247 g/mol. The second-order valence-corrected chi connectivity index (χ2v) is 5.42. The van der Waals surface area contributed by atoms with E-state index < -0.39 is 0 Å². The van der Waals surface area contributed by atoms with Crippen LogP contribution in [-0.2, 0) is 6.54 Å². The summed E-state index contributed by atoms with van der Waals surface area (Å²) in [6.45, 7) is 5.15. The number of aromatic nitrogens is 1. The third-order valence-corrected chi connectivity index (χ3v) is 4.17. The normalized spacial score (nSPS) is 18.4. The van der Waals surface area contributed by atoms with Crippen molar-refractivity contribution in [3.8, 4) is 0 Å². The van der Waals surface area contributed by atoms with Crippen LogP contribution in [0.3, 0.4) is 0 Å². The lowest BCUT2D eigenvalue weighted by Crippen LogP contribution is -2.51. The van der Waals surface area contributed by atoms with Crippen LogP contribution >= 0.6 is 0 Å². The first-order valence-electron chi connectivity index (χ1n) is 7.15. The molecule has 0 aromatic carbocycles. The van der Waals surface area contributed by atoms with Crippen LogP contribution in [-0.4, -0.2) is 28.5 Å². The molecule has 0 bridgehead atoms. The van der Waals surface area contributed by atoms with Gasteiger partial charge in [0.2, 0.25) is 0 Å². The molecule has 1 aromatic heterocycles. The quantitative estimate of drug-likeness (QED) is 0.840. The van der Waals surface area contributed by atoms with Gasteiger partial charge in [-0.2, -0.15) is 0 Å². The predicted molar refractivity (Wildman–Crippen MR) is 75.2 cm³/mol. The number of nitrogens with two attached hydrogens (primary N) is 1. The molecule has 1 aliphatic rings. The lowest BCUT2D eigenvalue weighted by molar-refractivity contribution is 0.0903. The fourth-order valence-corrected chi connectivity index (χ4v) is 3.15. The second kappa shape index (κ2) is 6.30. The summed E-state index contributed by atoms with van der Waals surface area (Å²) in [7, 11) is 0. The zero-order chi connectivity index (χ0) is 12.8. The summed E-state index contributed by atoms with van der Waals surface area (Å²) < 4.78 is 0. The Morgan fingerprint density at radius 1 is 1.39 bits per heavy atom. The molecule has 18 heavy (non-hydrogen) atoms. The van der Waals surface area contributed by atoms with Crippen molar-refractivity contribution in [1.29, 1.82) is 0 Å². The lowest BCUT2D eigenvalue weighted by atomic mass is 9.94. The Hall–Kier alpha value is -0.930. The van der Waals surface area contributed by atoms with Crippen LogP contribution in [0.1, 0.15) is 44.6 Å². The molecule has 2 N–H and O–H groups in total. The molecule has 0 aliphatic heterocycles. The Kier molecular flexibility index (Phi) is 4.72. The number of nitrogens with zero attached hydrogens (tertiary/aromatic N) is 2. The summed E-state index contributed by atoms with van der Waals surface area (Å²) in [5.74, 6) is 0. The van der Waals surface area contributed by atoms with E-state index in [1.54, 1.807) is 0 Å². The van der Waals surface area contributed by atoms with E-state index in [0.29, 0.717) is 0 Å². The lowest BCUT2D eigenvalue weighted by Gasteiger charge is -2.40. The van der Waals surface area contributed by atoms with Crippen molar-refractivity contribution in [3.63, 3.8) is 0 Å². The van der Waals surface area contributed by atoms with Gasteiger partial charge in [-0.15, -0.1) is 0 Å². The van der Waals surface area contributed by atoms with Crippen molar-refractivity contribution in [3.05, 3.63) is 30.1 Å². The van der Waals surface area contributed by atoms with E-state index in [1.807, 2.05) is 18.5 Å². The van der Waals surface area contributed by atoms with Gasteiger partial charge >= 0.3 is 0 Å². The molecule has 1 saturated carbocycles. The van der Waals surface area contributed by atoms with Crippen molar-refractivity contribution in [2.45, 2.75) is 51.1 Å². The van der Waals surface area contributed by atoms with Crippen LogP contribution in [0.2, 0.25) is 0 Å². The molecular formula is C15H25N3. The topological polar surface area (TPSA) is 42.2 Å². The zero-order valence-electron chi connectivity index (χ0n) is 11.4. The summed E-state index contributed by atoms with van der Waals surface area (Å²) in [4.78, 5) is 6.81. The maximum atomic E-state index is 6.10. The Morgan fingerprint density at radius 2 is 2.17 bits per heavy atom. The smallest absolute Gasteiger partial charge is 0.0335 e. The maximum absolute atomic E-state index is 6.10. The Balaban J connectivity index is 2.12. The summed E-state index contributed by atoms with van der Waals surface area (Å²) in [5.41, 5.74) is 7.64. The summed E-state index contributed by atoms with van der Waals surface area (Å²) >= 11 is 0. The largest absolute Gasteiger partial charge is 0.329 e. The van der Waals surface area contributed by atoms with Crippen LogP contribution in [0.4, 0.5) is 0 Å². The highest BCUT2D eigenvalue weighted by molar-refractivity contribution is 5.10. The summed E-state index contributed by atoms with van der Waals surface area (Å²) in [6, 6.07) is 4.18. The van der Waals surface area contributed by atoms with Gasteiger partial charge in [0, 0.05) is 31.0 Å². The number of hydrogen-bond donors (Lipinski definition) is 1. The highest BCUT2D eigenvalue weighted by atomic mass is 15.2. The van der Waals surface area contributed by atoms with Gasteiger partial charge in [-0.3, -0.25) is 9.88 Å². The summed E-state index contributed by atoms with van der Waals surface area (Å²) in [5, 5.41) is 0. The minimum absolute atomic E-state index is 0.242. The third kappa shape index (κ3) is 2.90. The van der Waals surface area contributed by atoms with E-state index in [4.69, 9.17) is 5.73 Å². The van der Waals surface area contributed by atoms with E-state index in [1.165, 1.54) is 37.7 Å². The minimum atomic E-state index is 0.242. The molecule has 0 radical (unpaired) electrons. The number of hydrogen-bond acceptors (Lipinski definition) is 3. The van der Waals surface area contributed by atoms with Crippen LogP contribution in [0, 0.1) is 0 Å². The molecule has 0 atom stereocenters. The van der Waals surface area contributed by atoms with Gasteiger partial charge in [0.25, 0.3) is 0 Å². The van der Waals surface area contributed by atoms with E-state index in [-0.39, 0.29) is 5.54 Å². The van der Waals surface area contributed by atoms with Crippen LogP contribution in [0.15, 0.2) is 24.5 Å². The first-order valence-corrected chi connectivity index (χ1v) is 7.15. The molecular weight excluding hydrogens is 222 g/mol. The molecule has 1 aromatic rings. The van der Waals surface area contributed by atoms with Crippen molar-refractivity contribution in [1.82, 2.24) is 9.88 Å².